The van der Waals surface area contributed by atoms with Gasteiger partial charge in [0.2, 0.25) is 5.91 Å². The number of carbonyl (C=O) groups excluding carboxylic acids is 1. The maximum absolute atomic E-state index is 11.9. The molecule has 3 heteroatoms. The third kappa shape index (κ3) is 6.39. The minimum atomic E-state index is -0.0686. The van der Waals surface area contributed by atoms with Crippen LogP contribution in [0.3, 0.4) is 0 Å². The summed E-state index contributed by atoms with van der Waals surface area (Å²) in [6, 6.07) is 0.434. The summed E-state index contributed by atoms with van der Waals surface area (Å²) in [5, 5.41) is 6.47. The van der Waals surface area contributed by atoms with E-state index in [1.54, 1.807) is 0 Å². The van der Waals surface area contributed by atoms with Crippen molar-refractivity contribution in [2.24, 2.45) is 11.8 Å². The molecule has 2 N–H and O–H groups in total. The van der Waals surface area contributed by atoms with Crippen molar-refractivity contribution in [2.75, 3.05) is 6.54 Å². The summed E-state index contributed by atoms with van der Waals surface area (Å²) in [5.74, 6) is 1.70. The highest BCUT2D eigenvalue weighted by molar-refractivity contribution is 5.81. The van der Waals surface area contributed by atoms with Gasteiger partial charge in [-0.05, 0) is 38.0 Å². The second-order valence-electron chi connectivity index (χ2n) is 6.15. The summed E-state index contributed by atoms with van der Waals surface area (Å²) >= 11 is 0. The van der Waals surface area contributed by atoms with E-state index in [-0.39, 0.29) is 11.9 Å². The van der Waals surface area contributed by atoms with Gasteiger partial charge in [-0.15, -0.1) is 0 Å². The molecule has 106 valence electrons. The molecule has 0 radical (unpaired) electrons. The first-order chi connectivity index (χ1) is 8.52. The summed E-state index contributed by atoms with van der Waals surface area (Å²) in [6.07, 6.45) is 6.16. The molecule has 1 aliphatic rings. The molecule has 0 aromatic rings. The lowest BCUT2D eigenvalue weighted by molar-refractivity contribution is -0.123. The third-order valence-electron chi connectivity index (χ3n) is 3.71. The lowest BCUT2D eigenvalue weighted by Gasteiger charge is -2.22. The molecule has 0 saturated heterocycles. The molecule has 1 aliphatic carbocycles. The van der Waals surface area contributed by atoms with E-state index < -0.39 is 0 Å². The normalized spacial score (nSPS) is 18.7. The molecule has 0 bridgehead atoms. The van der Waals surface area contributed by atoms with Crippen molar-refractivity contribution in [3.05, 3.63) is 0 Å². The molecule has 0 aromatic heterocycles. The van der Waals surface area contributed by atoms with Crippen molar-refractivity contribution in [3.63, 3.8) is 0 Å². The third-order valence-corrected chi connectivity index (χ3v) is 3.71. The highest BCUT2D eigenvalue weighted by atomic mass is 16.2. The Labute approximate surface area is 112 Å². The zero-order chi connectivity index (χ0) is 13.5. The van der Waals surface area contributed by atoms with Gasteiger partial charge in [0.15, 0.2) is 0 Å². The first-order valence-corrected chi connectivity index (χ1v) is 7.56. The van der Waals surface area contributed by atoms with Gasteiger partial charge in [-0.2, -0.15) is 0 Å². The number of amides is 1. The number of nitrogens with one attached hydrogen (secondary N) is 2. The Bertz CT molecular complexity index is 249. The summed E-state index contributed by atoms with van der Waals surface area (Å²) < 4.78 is 0. The smallest absolute Gasteiger partial charge is 0.236 e. The van der Waals surface area contributed by atoms with Crippen LogP contribution in [-0.4, -0.2) is 24.5 Å². The predicted octanol–water partition coefficient (Wildman–Crippen LogP) is 2.71. The van der Waals surface area contributed by atoms with Crippen molar-refractivity contribution in [2.45, 2.75) is 71.9 Å². The molecule has 1 amide bonds. The predicted molar refractivity (Wildman–Crippen MR) is 76.5 cm³/mol. The number of hydrogen-bond acceptors (Lipinski definition) is 2. The summed E-state index contributed by atoms with van der Waals surface area (Å²) in [7, 11) is 0. The van der Waals surface area contributed by atoms with Crippen LogP contribution in [0.4, 0.5) is 0 Å². The Kier molecular flexibility index (Phi) is 6.69. The van der Waals surface area contributed by atoms with Crippen molar-refractivity contribution in [1.29, 1.82) is 0 Å². The average molecular weight is 254 g/mol. The Balaban J connectivity index is 2.19. The van der Waals surface area contributed by atoms with Gasteiger partial charge < -0.3 is 10.6 Å². The Morgan fingerprint density at radius 2 is 1.94 bits per heavy atom. The van der Waals surface area contributed by atoms with E-state index in [9.17, 15) is 4.79 Å². The lowest BCUT2D eigenvalue weighted by Crippen LogP contribution is -2.46. The van der Waals surface area contributed by atoms with Gasteiger partial charge in [-0.1, -0.05) is 33.6 Å². The van der Waals surface area contributed by atoms with Gasteiger partial charge in [0.25, 0.3) is 0 Å². The molecular formula is C15H30N2O. The number of hydrogen-bond donors (Lipinski definition) is 2. The van der Waals surface area contributed by atoms with Crippen LogP contribution in [0.5, 0.6) is 0 Å². The van der Waals surface area contributed by atoms with Crippen LogP contribution < -0.4 is 10.6 Å². The molecule has 3 nitrogen and oxygen atoms in total. The molecular weight excluding hydrogens is 224 g/mol. The number of carbonyl (C=O) groups is 1. The van der Waals surface area contributed by atoms with Crippen LogP contribution in [0.15, 0.2) is 0 Å². The quantitative estimate of drug-likeness (QED) is 0.664. The summed E-state index contributed by atoms with van der Waals surface area (Å²) in [4.78, 5) is 11.9. The summed E-state index contributed by atoms with van der Waals surface area (Å²) in [5.41, 5.74) is 0. The molecule has 0 aliphatic heterocycles. The van der Waals surface area contributed by atoms with E-state index in [4.69, 9.17) is 0 Å². The van der Waals surface area contributed by atoms with Gasteiger partial charge >= 0.3 is 0 Å². The van der Waals surface area contributed by atoms with E-state index in [0.717, 1.165) is 25.3 Å². The first kappa shape index (κ1) is 15.5. The second-order valence-corrected chi connectivity index (χ2v) is 6.15. The molecule has 0 heterocycles. The van der Waals surface area contributed by atoms with Gasteiger partial charge in [-0.3, -0.25) is 4.79 Å². The van der Waals surface area contributed by atoms with E-state index in [1.165, 1.54) is 19.3 Å². The molecule has 0 aromatic carbocycles. The fourth-order valence-electron chi connectivity index (χ4n) is 2.17. The van der Waals surface area contributed by atoms with Gasteiger partial charge in [-0.25, -0.2) is 0 Å². The molecule has 2 atom stereocenters. The van der Waals surface area contributed by atoms with Crippen molar-refractivity contribution < 1.29 is 4.79 Å². The van der Waals surface area contributed by atoms with Crippen LogP contribution in [0.2, 0.25) is 0 Å². The van der Waals surface area contributed by atoms with Crippen molar-refractivity contribution >= 4 is 5.91 Å². The first-order valence-electron chi connectivity index (χ1n) is 7.56. The fraction of sp³-hybridized carbons (Fsp3) is 0.933. The van der Waals surface area contributed by atoms with Gasteiger partial charge in [0.05, 0.1) is 6.04 Å². The highest BCUT2D eigenvalue weighted by Crippen LogP contribution is 2.34. The molecule has 1 rings (SSSR count). The van der Waals surface area contributed by atoms with E-state index in [1.807, 2.05) is 6.92 Å². The maximum Gasteiger partial charge on any atom is 0.236 e. The largest absolute Gasteiger partial charge is 0.355 e. The van der Waals surface area contributed by atoms with E-state index >= 15 is 0 Å². The fourth-order valence-corrected chi connectivity index (χ4v) is 2.17. The van der Waals surface area contributed by atoms with Gasteiger partial charge in [0, 0.05) is 12.6 Å². The minimum Gasteiger partial charge on any atom is -0.355 e. The van der Waals surface area contributed by atoms with Crippen LogP contribution in [0.25, 0.3) is 0 Å². The minimum absolute atomic E-state index is 0.0686. The van der Waals surface area contributed by atoms with Crippen LogP contribution in [-0.2, 0) is 4.79 Å². The Morgan fingerprint density at radius 3 is 2.44 bits per heavy atom. The standard InChI is InChI=1S/C15H30N2O/c1-5-14(10-13-6-7-13)17-12(4)15(18)16-9-8-11(2)3/h11-14,17H,5-10H2,1-4H3,(H,16,18). The molecule has 18 heavy (non-hydrogen) atoms. The zero-order valence-electron chi connectivity index (χ0n) is 12.5. The molecule has 0 spiro atoms. The lowest BCUT2D eigenvalue weighted by atomic mass is 10.1. The Hall–Kier alpha value is -0.570. The Morgan fingerprint density at radius 1 is 1.28 bits per heavy atom. The van der Waals surface area contributed by atoms with Crippen molar-refractivity contribution in [1.82, 2.24) is 10.6 Å². The maximum atomic E-state index is 11.9. The van der Waals surface area contributed by atoms with Crippen LogP contribution >= 0.6 is 0 Å². The topological polar surface area (TPSA) is 41.1 Å². The molecule has 2 unspecified atom stereocenters. The van der Waals surface area contributed by atoms with Crippen LogP contribution in [0.1, 0.15) is 59.8 Å². The van der Waals surface area contributed by atoms with Gasteiger partial charge in [0.1, 0.15) is 0 Å². The number of rotatable bonds is 9. The van der Waals surface area contributed by atoms with Crippen LogP contribution in [0, 0.1) is 11.8 Å². The van der Waals surface area contributed by atoms with E-state index in [2.05, 4.69) is 31.4 Å². The average Bonchev–Trinajstić information content (AvgIpc) is 3.11. The molecule has 1 saturated carbocycles. The zero-order valence-corrected chi connectivity index (χ0v) is 12.5. The van der Waals surface area contributed by atoms with E-state index in [0.29, 0.717) is 12.0 Å². The van der Waals surface area contributed by atoms with Crippen molar-refractivity contribution in [3.8, 4) is 0 Å². The summed E-state index contributed by atoms with van der Waals surface area (Å²) in [6.45, 7) is 9.32. The SMILES string of the molecule is CCC(CC1CC1)NC(C)C(=O)NCCC(C)C. The second kappa shape index (κ2) is 7.78. The molecule has 1 fully saturated rings. The monoisotopic (exact) mass is 254 g/mol. The highest BCUT2D eigenvalue weighted by Gasteiger charge is 2.26.